The molecule has 0 bridgehead atoms. The van der Waals surface area contributed by atoms with Crippen LogP contribution in [0.4, 0.5) is 5.82 Å². The Balaban J connectivity index is 1.63. The van der Waals surface area contributed by atoms with E-state index in [9.17, 15) is 5.11 Å². The maximum Gasteiger partial charge on any atom is 0.162 e. The maximum atomic E-state index is 10.1. The van der Waals surface area contributed by atoms with Crippen molar-refractivity contribution in [2.24, 2.45) is 0 Å². The second-order valence-electron chi connectivity index (χ2n) is 8.21. The molecule has 1 aliphatic heterocycles. The first-order valence-corrected chi connectivity index (χ1v) is 12.9. The van der Waals surface area contributed by atoms with E-state index >= 15 is 0 Å². The van der Waals surface area contributed by atoms with Crippen LogP contribution in [0.15, 0.2) is 54.9 Å². The molecule has 1 aliphatic rings. The number of nitrogens with zero attached hydrogens (tertiary/aromatic N) is 4. The third kappa shape index (κ3) is 6.62. The lowest BCUT2D eigenvalue weighted by Crippen LogP contribution is -2.37. The van der Waals surface area contributed by atoms with E-state index < -0.39 is 6.10 Å². The molecule has 0 spiro atoms. The topological polar surface area (TPSA) is 92.6 Å². The number of rotatable bonds is 10. The number of halogens is 1. The summed E-state index contributed by atoms with van der Waals surface area (Å²) in [5.41, 5.74) is 2.65. The van der Waals surface area contributed by atoms with Crippen molar-refractivity contribution >= 4 is 28.4 Å². The standard InChI is InChI=1S/C25H30IN5O3/c1-31(20-7-11-33-12-8-20)24-14-23(29-25(30-24)18-5-9-27-10-6-18)19-3-2-4-22(13-19)34-16-21(32)15-28-17-26/h2-6,9-10,13-14,20-21,28,32H,7-8,11-12,15-17H2,1H3. The van der Waals surface area contributed by atoms with Gasteiger partial charge in [0.25, 0.3) is 0 Å². The predicted molar refractivity (Wildman–Crippen MR) is 141 cm³/mol. The third-order valence-corrected chi connectivity index (χ3v) is 6.34. The van der Waals surface area contributed by atoms with Crippen LogP contribution < -0.4 is 15.0 Å². The molecular weight excluding hydrogens is 545 g/mol. The van der Waals surface area contributed by atoms with Gasteiger partial charge in [0.05, 0.1) is 5.69 Å². The van der Waals surface area contributed by atoms with Crippen molar-refractivity contribution in [2.45, 2.75) is 25.0 Å². The molecule has 34 heavy (non-hydrogen) atoms. The summed E-state index contributed by atoms with van der Waals surface area (Å²) in [5, 5.41) is 13.2. The molecular formula is C25H30IN5O3. The number of benzene rings is 1. The lowest BCUT2D eigenvalue weighted by molar-refractivity contribution is 0.0853. The van der Waals surface area contributed by atoms with Gasteiger partial charge in [-0.05, 0) is 37.1 Å². The highest BCUT2D eigenvalue weighted by Crippen LogP contribution is 2.29. The highest BCUT2D eigenvalue weighted by Gasteiger charge is 2.21. The number of aliphatic hydroxyl groups excluding tert-OH is 1. The molecule has 4 rings (SSSR count). The smallest absolute Gasteiger partial charge is 0.162 e. The third-order valence-electron chi connectivity index (χ3n) is 5.80. The normalized spacial score (nSPS) is 15.1. The molecule has 0 aliphatic carbocycles. The van der Waals surface area contributed by atoms with E-state index in [1.807, 2.05) is 42.5 Å². The fourth-order valence-electron chi connectivity index (χ4n) is 3.87. The number of anilines is 1. The highest BCUT2D eigenvalue weighted by molar-refractivity contribution is 14.1. The maximum absolute atomic E-state index is 10.1. The Hall–Kier alpha value is -2.34. The average Bonchev–Trinajstić information content (AvgIpc) is 2.91. The number of pyridine rings is 1. The Morgan fingerprint density at radius 2 is 1.94 bits per heavy atom. The van der Waals surface area contributed by atoms with Gasteiger partial charge in [-0.25, -0.2) is 9.97 Å². The number of aromatic nitrogens is 3. The molecule has 1 fully saturated rings. The lowest BCUT2D eigenvalue weighted by Gasteiger charge is -2.32. The number of aliphatic hydroxyl groups is 1. The van der Waals surface area contributed by atoms with E-state index in [2.05, 4.69) is 44.8 Å². The Bertz CT molecular complexity index is 1050. The van der Waals surface area contributed by atoms with E-state index in [1.54, 1.807) is 12.4 Å². The van der Waals surface area contributed by atoms with Gasteiger partial charge in [-0.1, -0.05) is 34.7 Å². The van der Waals surface area contributed by atoms with Gasteiger partial charge >= 0.3 is 0 Å². The number of alkyl halides is 1. The van der Waals surface area contributed by atoms with Crippen LogP contribution in [0, 0.1) is 0 Å². The van der Waals surface area contributed by atoms with Crippen LogP contribution in [0.5, 0.6) is 5.75 Å². The average molecular weight is 575 g/mol. The van der Waals surface area contributed by atoms with Crippen molar-refractivity contribution in [3.8, 4) is 28.4 Å². The lowest BCUT2D eigenvalue weighted by atomic mass is 10.1. The van der Waals surface area contributed by atoms with E-state index in [1.165, 1.54) is 0 Å². The quantitative estimate of drug-likeness (QED) is 0.216. The fourth-order valence-corrected chi connectivity index (χ4v) is 4.18. The fraction of sp³-hybridized carbons (Fsp3) is 0.400. The number of ether oxygens (including phenoxy) is 2. The second-order valence-corrected chi connectivity index (χ2v) is 8.97. The molecule has 0 radical (unpaired) electrons. The van der Waals surface area contributed by atoms with E-state index in [0.717, 1.165) is 53.2 Å². The Morgan fingerprint density at radius 1 is 1.15 bits per heavy atom. The van der Waals surface area contributed by atoms with Crippen LogP contribution in [0.1, 0.15) is 12.8 Å². The second kappa shape index (κ2) is 12.4. The first-order valence-electron chi connectivity index (χ1n) is 11.4. The number of hydrogen-bond donors (Lipinski definition) is 2. The van der Waals surface area contributed by atoms with Crippen molar-refractivity contribution in [3.63, 3.8) is 0 Å². The molecule has 2 aromatic heterocycles. The van der Waals surface area contributed by atoms with Crippen molar-refractivity contribution in [2.75, 3.05) is 42.9 Å². The SMILES string of the molecule is CN(c1cc(-c2cccc(OCC(O)CNCI)c2)nc(-c2ccncc2)n1)C1CCOCC1. The summed E-state index contributed by atoms with van der Waals surface area (Å²) < 4.78 is 12.2. The Morgan fingerprint density at radius 3 is 2.71 bits per heavy atom. The molecule has 1 aromatic carbocycles. The minimum Gasteiger partial charge on any atom is -0.491 e. The van der Waals surface area contributed by atoms with Crippen LogP contribution in [-0.4, -0.2) is 70.2 Å². The van der Waals surface area contributed by atoms with Crippen molar-refractivity contribution in [1.82, 2.24) is 20.3 Å². The Kier molecular flexibility index (Phi) is 9.03. The zero-order valence-electron chi connectivity index (χ0n) is 19.2. The monoisotopic (exact) mass is 575 g/mol. The van der Waals surface area contributed by atoms with Gasteiger partial charge in [-0.3, -0.25) is 4.98 Å². The summed E-state index contributed by atoms with van der Waals surface area (Å²) in [4.78, 5) is 16.1. The molecule has 0 saturated carbocycles. The van der Waals surface area contributed by atoms with Crippen LogP contribution in [0.2, 0.25) is 0 Å². The summed E-state index contributed by atoms with van der Waals surface area (Å²) >= 11 is 2.21. The number of nitrogens with one attached hydrogen (secondary N) is 1. The molecule has 1 unspecified atom stereocenters. The van der Waals surface area contributed by atoms with Gasteiger partial charge in [0.15, 0.2) is 5.82 Å². The number of hydrogen-bond acceptors (Lipinski definition) is 8. The molecule has 3 heterocycles. The Labute approximate surface area is 213 Å². The molecule has 3 aromatic rings. The van der Waals surface area contributed by atoms with Crippen molar-refractivity contribution in [3.05, 3.63) is 54.9 Å². The molecule has 180 valence electrons. The summed E-state index contributed by atoms with van der Waals surface area (Å²) in [5.74, 6) is 2.21. The largest absolute Gasteiger partial charge is 0.491 e. The molecule has 9 heteroatoms. The molecule has 1 atom stereocenters. The predicted octanol–water partition coefficient (Wildman–Crippen LogP) is 3.54. The van der Waals surface area contributed by atoms with Gasteiger partial charge < -0.3 is 24.8 Å². The van der Waals surface area contributed by atoms with E-state index in [-0.39, 0.29) is 6.61 Å². The molecule has 0 amide bonds. The van der Waals surface area contributed by atoms with Gasteiger partial charge in [0, 0.05) is 67.0 Å². The summed E-state index contributed by atoms with van der Waals surface area (Å²) in [7, 11) is 2.09. The zero-order chi connectivity index (χ0) is 23.8. The van der Waals surface area contributed by atoms with Gasteiger partial charge in [0.2, 0.25) is 0 Å². The van der Waals surface area contributed by atoms with E-state index in [0.29, 0.717) is 24.2 Å². The first kappa shape index (κ1) is 24.8. The summed E-state index contributed by atoms with van der Waals surface area (Å²) in [6.07, 6.45) is 4.87. The van der Waals surface area contributed by atoms with Gasteiger partial charge in [0.1, 0.15) is 24.3 Å². The minimum absolute atomic E-state index is 0.219. The summed E-state index contributed by atoms with van der Waals surface area (Å²) in [6.45, 7) is 2.24. The highest BCUT2D eigenvalue weighted by atomic mass is 127. The zero-order valence-corrected chi connectivity index (χ0v) is 21.4. The van der Waals surface area contributed by atoms with Gasteiger partial charge in [-0.2, -0.15) is 0 Å². The van der Waals surface area contributed by atoms with Crippen LogP contribution in [0.3, 0.4) is 0 Å². The van der Waals surface area contributed by atoms with Crippen LogP contribution in [-0.2, 0) is 4.74 Å². The molecule has 2 N–H and O–H groups in total. The molecule has 8 nitrogen and oxygen atoms in total. The first-order chi connectivity index (χ1) is 16.6. The van der Waals surface area contributed by atoms with Crippen LogP contribution >= 0.6 is 22.6 Å². The molecule has 1 saturated heterocycles. The van der Waals surface area contributed by atoms with Crippen molar-refractivity contribution in [1.29, 1.82) is 0 Å². The summed E-state index contributed by atoms with van der Waals surface area (Å²) in [6, 6.07) is 14.0. The van der Waals surface area contributed by atoms with E-state index in [4.69, 9.17) is 19.4 Å². The minimum atomic E-state index is -0.574. The van der Waals surface area contributed by atoms with Crippen LogP contribution in [0.25, 0.3) is 22.6 Å². The van der Waals surface area contributed by atoms with Gasteiger partial charge in [-0.15, -0.1) is 0 Å². The van der Waals surface area contributed by atoms with Crippen molar-refractivity contribution < 1.29 is 14.6 Å².